The van der Waals surface area contributed by atoms with Gasteiger partial charge in [-0.3, -0.25) is 0 Å². The lowest BCUT2D eigenvalue weighted by Crippen LogP contribution is -2.29. The zero-order valence-electron chi connectivity index (χ0n) is 10.0. The number of hydrogen-bond acceptors (Lipinski definition) is 1. The smallest absolute Gasteiger partial charge is 0.0372 e. The third-order valence-electron chi connectivity index (χ3n) is 3.75. The second-order valence-corrected chi connectivity index (χ2v) is 5.01. The topological polar surface area (TPSA) is 12.0 Å². The number of benzene rings is 1. The molecule has 0 aromatic heterocycles. The number of anilines is 1. The molecule has 0 radical (unpaired) electrons. The molecule has 2 atom stereocenters. The van der Waals surface area contributed by atoms with Crippen molar-refractivity contribution in [3.8, 4) is 0 Å². The van der Waals surface area contributed by atoms with E-state index in [1.807, 2.05) is 0 Å². The molecule has 1 fully saturated rings. The van der Waals surface area contributed by atoms with Crippen LogP contribution >= 0.6 is 0 Å². The van der Waals surface area contributed by atoms with Crippen LogP contribution < -0.4 is 5.32 Å². The minimum absolute atomic E-state index is 0.893. The van der Waals surface area contributed by atoms with E-state index in [1.54, 1.807) is 0 Å². The predicted octanol–water partition coefficient (Wildman–Crippen LogP) is 3.76. The molecular weight excluding hydrogens is 182 g/mol. The zero-order chi connectivity index (χ0) is 10.8. The summed E-state index contributed by atoms with van der Waals surface area (Å²) in [5, 5.41) is 3.59. The number of aryl methyl sites for hydroxylation is 2. The normalized spacial score (nSPS) is 24.7. The minimum Gasteiger partial charge on any atom is -0.385 e. The Kier molecular flexibility index (Phi) is 2.99. The number of rotatable bonds is 3. The minimum atomic E-state index is 0.893. The maximum atomic E-state index is 3.59. The second-order valence-electron chi connectivity index (χ2n) is 5.01. The predicted molar refractivity (Wildman–Crippen MR) is 66.3 cm³/mol. The molecule has 1 nitrogen and oxygen atoms in total. The second kappa shape index (κ2) is 4.26. The van der Waals surface area contributed by atoms with Gasteiger partial charge in [0.2, 0.25) is 0 Å². The van der Waals surface area contributed by atoms with Gasteiger partial charge in [0.05, 0.1) is 0 Å². The molecule has 1 aliphatic rings. The quantitative estimate of drug-likeness (QED) is 0.788. The van der Waals surface area contributed by atoms with Crippen molar-refractivity contribution < 1.29 is 0 Å². The van der Waals surface area contributed by atoms with Gasteiger partial charge in [0.25, 0.3) is 0 Å². The third-order valence-corrected chi connectivity index (χ3v) is 3.75. The van der Waals surface area contributed by atoms with E-state index < -0.39 is 0 Å². The van der Waals surface area contributed by atoms with E-state index in [0.717, 1.165) is 18.4 Å². The molecule has 1 saturated carbocycles. The van der Waals surface area contributed by atoms with Crippen LogP contribution in [-0.2, 0) is 0 Å². The molecule has 0 aliphatic heterocycles. The van der Waals surface area contributed by atoms with Crippen LogP contribution in [-0.4, -0.2) is 6.54 Å². The van der Waals surface area contributed by atoms with Crippen molar-refractivity contribution in [2.45, 2.75) is 33.6 Å². The first-order valence-electron chi connectivity index (χ1n) is 5.98. The van der Waals surface area contributed by atoms with Gasteiger partial charge in [0, 0.05) is 12.2 Å². The molecule has 2 rings (SSSR count). The molecular formula is C14H21N. The summed E-state index contributed by atoms with van der Waals surface area (Å²) in [7, 11) is 0. The Balaban J connectivity index is 1.95. The van der Waals surface area contributed by atoms with Crippen molar-refractivity contribution in [2.24, 2.45) is 11.8 Å². The Bertz CT molecular complexity index is 343. The van der Waals surface area contributed by atoms with Crippen LogP contribution in [0.4, 0.5) is 5.69 Å². The molecule has 0 unspecified atom stereocenters. The molecule has 0 bridgehead atoms. The van der Waals surface area contributed by atoms with E-state index in [2.05, 4.69) is 44.3 Å². The molecule has 1 aromatic carbocycles. The van der Waals surface area contributed by atoms with Crippen LogP contribution in [0.25, 0.3) is 0 Å². The summed E-state index contributed by atoms with van der Waals surface area (Å²) in [5.41, 5.74) is 4.01. The summed E-state index contributed by atoms with van der Waals surface area (Å²) in [5.74, 6) is 1.81. The molecule has 1 N–H and O–H groups in total. The van der Waals surface area contributed by atoms with Gasteiger partial charge in [0.15, 0.2) is 0 Å². The fraction of sp³-hybridized carbons (Fsp3) is 0.571. The van der Waals surface area contributed by atoms with Crippen molar-refractivity contribution in [3.63, 3.8) is 0 Å². The summed E-state index contributed by atoms with van der Waals surface area (Å²) in [6, 6.07) is 6.62. The molecule has 0 heterocycles. The lowest BCUT2D eigenvalue weighted by Gasteiger charge is -2.34. The first-order chi connectivity index (χ1) is 7.16. The Morgan fingerprint density at radius 1 is 1.27 bits per heavy atom. The zero-order valence-corrected chi connectivity index (χ0v) is 10.0. The van der Waals surface area contributed by atoms with E-state index in [9.17, 15) is 0 Å². The summed E-state index contributed by atoms with van der Waals surface area (Å²) in [6.45, 7) is 7.83. The monoisotopic (exact) mass is 203 g/mol. The Labute approximate surface area is 92.9 Å². The summed E-state index contributed by atoms with van der Waals surface area (Å²) in [4.78, 5) is 0. The fourth-order valence-electron chi connectivity index (χ4n) is 2.21. The van der Waals surface area contributed by atoms with Gasteiger partial charge < -0.3 is 5.32 Å². The van der Waals surface area contributed by atoms with Gasteiger partial charge in [-0.25, -0.2) is 0 Å². The van der Waals surface area contributed by atoms with Crippen LogP contribution in [0.1, 0.15) is 30.9 Å². The van der Waals surface area contributed by atoms with Gasteiger partial charge in [-0.1, -0.05) is 25.5 Å². The highest BCUT2D eigenvalue weighted by atomic mass is 14.9. The van der Waals surface area contributed by atoms with Gasteiger partial charge in [-0.15, -0.1) is 0 Å². The van der Waals surface area contributed by atoms with Crippen LogP contribution in [0.5, 0.6) is 0 Å². The first kappa shape index (κ1) is 10.5. The maximum absolute atomic E-state index is 3.59. The lowest BCUT2D eigenvalue weighted by molar-refractivity contribution is 0.210. The summed E-state index contributed by atoms with van der Waals surface area (Å²) < 4.78 is 0. The first-order valence-corrected chi connectivity index (χ1v) is 5.98. The molecule has 82 valence electrons. The third kappa shape index (κ3) is 2.34. The van der Waals surface area contributed by atoms with Gasteiger partial charge in [-0.2, -0.15) is 0 Å². The summed E-state index contributed by atoms with van der Waals surface area (Å²) >= 11 is 0. The molecule has 15 heavy (non-hydrogen) atoms. The van der Waals surface area contributed by atoms with Gasteiger partial charge in [-0.05, 0) is 49.3 Å². The number of hydrogen-bond donors (Lipinski definition) is 1. The molecule has 0 spiro atoms. The highest BCUT2D eigenvalue weighted by Gasteiger charge is 2.26. The SMILES string of the molecule is Cc1ccc(C)c(NC[C@@H]2CC[C@H]2C)c1. The van der Waals surface area contributed by atoms with E-state index in [4.69, 9.17) is 0 Å². The fourth-order valence-corrected chi connectivity index (χ4v) is 2.21. The average molecular weight is 203 g/mol. The van der Waals surface area contributed by atoms with Crippen molar-refractivity contribution in [2.75, 3.05) is 11.9 Å². The van der Waals surface area contributed by atoms with Crippen LogP contribution in [0.15, 0.2) is 18.2 Å². The van der Waals surface area contributed by atoms with Crippen molar-refractivity contribution in [1.29, 1.82) is 0 Å². The Morgan fingerprint density at radius 2 is 2.07 bits per heavy atom. The standard InChI is InChI=1S/C14H21N/c1-10-4-5-12(3)14(8-10)15-9-13-7-6-11(13)2/h4-5,8,11,13,15H,6-7,9H2,1-3H3/t11-,13+/m1/s1. The van der Waals surface area contributed by atoms with Gasteiger partial charge in [0.1, 0.15) is 0 Å². The molecule has 1 aliphatic carbocycles. The largest absolute Gasteiger partial charge is 0.385 e. The van der Waals surface area contributed by atoms with Crippen LogP contribution in [0.3, 0.4) is 0 Å². The molecule has 1 aromatic rings. The highest BCUT2D eigenvalue weighted by Crippen LogP contribution is 2.33. The van der Waals surface area contributed by atoms with Crippen molar-refractivity contribution in [1.82, 2.24) is 0 Å². The van der Waals surface area contributed by atoms with Crippen molar-refractivity contribution in [3.05, 3.63) is 29.3 Å². The summed E-state index contributed by atoms with van der Waals surface area (Å²) in [6.07, 6.45) is 2.82. The van der Waals surface area contributed by atoms with Gasteiger partial charge >= 0.3 is 0 Å². The lowest BCUT2D eigenvalue weighted by atomic mass is 9.75. The van der Waals surface area contributed by atoms with E-state index in [0.29, 0.717) is 0 Å². The van der Waals surface area contributed by atoms with Crippen molar-refractivity contribution >= 4 is 5.69 Å². The van der Waals surface area contributed by atoms with E-state index >= 15 is 0 Å². The Hall–Kier alpha value is -0.980. The highest BCUT2D eigenvalue weighted by molar-refractivity contribution is 5.52. The van der Waals surface area contributed by atoms with E-state index in [-0.39, 0.29) is 0 Å². The molecule has 0 saturated heterocycles. The van der Waals surface area contributed by atoms with Crippen LogP contribution in [0.2, 0.25) is 0 Å². The number of nitrogens with one attached hydrogen (secondary N) is 1. The molecule has 1 heteroatoms. The molecule has 0 amide bonds. The average Bonchev–Trinajstić information content (AvgIpc) is 2.21. The van der Waals surface area contributed by atoms with Crippen LogP contribution in [0, 0.1) is 25.7 Å². The maximum Gasteiger partial charge on any atom is 0.0372 e. The Morgan fingerprint density at radius 3 is 2.67 bits per heavy atom. The van der Waals surface area contributed by atoms with E-state index in [1.165, 1.54) is 29.7 Å².